The van der Waals surface area contributed by atoms with Crippen LogP contribution < -0.4 is 11.5 Å². The molecule has 0 fully saturated rings. The number of hydrogen-bond acceptors (Lipinski definition) is 4. The lowest BCUT2D eigenvalue weighted by molar-refractivity contribution is 0.100. The summed E-state index contributed by atoms with van der Waals surface area (Å²) in [4.78, 5) is 22.0. The summed E-state index contributed by atoms with van der Waals surface area (Å²) >= 11 is 2.12. The van der Waals surface area contributed by atoms with Crippen molar-refractivity contribution >= 4 is 45.5 Å². The standard InChI is InChI=1S/C9H10INO.C9H11NO/c1-5-3-9(11)8(10)4-7(5)6(2)12;1-6-5-8(10)3-4-9(6)7(2)11/h3-4H,11H2,1-2H3;3-5H,10H2,1-2H3. The minimum atomic E-state index is 0.0856. The molecule has 5 heteroatoms. The molecule has 0 saturated heterocycles. The van der Waals surface area contributed by atoms with Crippen molar-refractivity contribution in [2.45, 2.75) is 27.7 Å². The number of halogens is 1. The Morgan fingerprint density at radius 1 is 0.870 bits per heavy atom. The molecule has 0 spiro atoms. The Bertz CT molecular complexity index is 755. The third-order valence-corrected chi connectivity index (χ3v) is 4.29. The summed E-state index contributed by atoms with van der Waals surface area (Å²) in [7, 11) is 0. The zero-order valence-corrected chi connectivity index (χ0v) is 15.9. The Hall–Kier alpha value is -1.89. The van der Waals surface area contributed by atoms with E-state index in [1.807, 2.05) is 26.0 Å². The van der Waals surface area contributed by atoms with Gasteiger partial charge in [0.15, 0.2) is 11.6 Å². The Kier molecular flexibility index (Phi) is 6.75. The summed E-state index contributed by atoms with van der Waals surface area (Å²) in [6.45, 7) is 6.89. The van der Waals surface area contributed by atoms with Crippen LogP contribution in [-0.2, 0) is 0 Å². The first-order valence-corrected chi connectivity index (χ1v) is 8.15. The van der Waals surface area contributed by atoms with Crippen molar-refractivity contribution in [1.82, 2.24) is 0 Å². The Labute approximate surface area is 150 Å². The Balaban J connectivity index is 0.000000231. The molecule has 0 aliphatic carbocycles. The van der Waals surface area contributed by atoms with Crippen molar-refractivity contribution in [3.8, 4) is 0 Å². The largest absolute Gasteiger partial charge is 0.399 e. The molecular formula is C18H21IN2O2. The fraction of sp³-hybridized carbons (Fsp3) is 0.222. The van der Waals surface area contributed by atoms with Crippen molar-refractivity contribution in [1.29, 1.82) is 0 Å². The lowest BCUT2D eigenvalue weighted by Crippen LogP contribution is -1.99. The zero-order valence-electron chi connectivity index (χ0n) is 13.7. The summed E-state index contributed by atoms with van der Waals surface area (Å²) in [6, 6.07) is 8.96. The second-order valence-corrected chi connectivity index (χ2v) is 6.54. The molecule has 0 aliphatic rings. The molecule has 0 radical (unpaired) electrons. The number of carbonyl (C=O) groups excluding carboxylic acids is 2. The Morgan fingerprint density at radius 3 is 1.87 bits per heavy atom. The first-order chi connectivity index (χ1) is 10.6. The van der Waals surface area contributed by atoms with Gasteiger partial charge in [0, 0.05) is 26.1 Å². The molecule has 2 aromatic carbocycles. The number of Topliss-reactive ketones (excluding diaryl/α,β-unsaturated/α-hetero) is 2. The maximum atomic E-state index is 11.1. The number of rotatable bonds is 2. The molecule has 23 heavy (non-hydrogen) atoms. The normalized spacial score (nSPS) is 9.78. The number of hydrogen-bond donors (Lipinski definition) is 2. The van der Waals surface area contributed by atoms with E-state index in [0.717, 1.165) is 31.5 Å². The van der Waals surface area contributed by atoms with Gasteiger partial charge in [-0.15, -0.1) is 0 Å². The molecule has 0 aliphatic heterocycles. The van der Waals surface area contributed by atoms with Gasteiger partial charge < -0.3 is 11.5 Å². The predicted molar refractivity (Wildman–Crippen MR) is 104 cm³/mol. The monoisotopic (exact) mass is 424 g/mol. The van der Waals surface area contributed by atoms with Gasteiger partial charge in [-0.2, -0.15) is 0 Å². The van der Waals surface area contributed by atoms with Gasteiger partial charge in [-0.1, -0.05) is 0 Å². The first kappa shape index (κ1) is 19.2. The average molecular weight is 424 g/mol. The second-order valence-electron chi connectivity index (χ2n) is 5.38. The van der Waals surface area contributed by atoms with E-state index in [0.29, 0.717) is 5.69 Å². The van der Waals surface area contributed by atoms with Gasteiger partial charge >= 0.3 is 0 Å². The van der Waals surface area contributed by atoms with Gasteiger partial charge in [-0.05, 0) is 91.7 Å². The fourth-order valence-electron chi connectivity index (χ4n) is 2.17. The quantitative estimate of drug-likeness (QED) is 0.431. The van der Waals surface area contributed by atoms with Crippen LogP contribution in [0.15, 0.2) is 30.3 Å². The van der Waals surface area contributed by atoms with Crippen molar-refractivity contribution in [2.75, 3.05) is 11.5 Å². The van der Waals surface area contributed by atoms with Crippen molar-refractivity contribution in [3.63, 3.8) is 0 Å². The third kappa shape index (κ3) is 5.35. The van der Waals surface area contributed by atoms with Crippen LogP contribution in [0.25, 0.3) is 0 Å². The summed E-state index contributed by atoms with van der Waals surface area (Å²) in [5, 5.41) is 0. The van der Waals surface area contributed by atoms with E-state index in [-0.39, 0.29) is 11.6 Å². The predicted octanol–water partition coefficient (Wildman–Crippen LogP) is 4.16. The molecule has 122 valence electrons. The van der Waals surface area contributed by atoms with Crippen molar-refractivity contribution in [2.24, 2.45) is 0 Å². The molecule has 2 aromatic rings. The van der Waals surface area contributed by atoms with Crippen LogP contribution >= 0.6 is 22.6 Å². The highest BCUT2D eigenvalue weighted by atomic mass is 127. The van der Waals surface area contributed by atoms with E-state index in [1.165, 1.54) is 0 Å². The fourth-order valence-corrected chi connectivity index (χ4v) is 2.63. The number of carbonyl (C=O) groups is 2. The van der Waals surface area contributed by atoms with Gasteiger partial charge in [0.1, 0.15) is 0 Å². The van der Waals surface area contributed by atoms with Crippen LogP contribution in [0.3, 0.4) is 0 Å². The lowest BCUT2D eigenvalue weighted by atomic mass is 10.1. The minimum absolute atomic E-state index is 0.0856. The van der Waals surface area contributed by atoms with E-state index in [2.05, 4.69) is 22.6 Å². The van der Waals surface area contributed by atoms with Crippen LogP contribution in [0.2, 0.25) is 0 Å². The number of ketones is 2. The van der Waals surface area contributed by atoms with E-state index in [1.54, 1.807) is 32.0 Å². The van der Waals surface area contributed by atoms with Crippen LogP contribution in [-0.4, -0.2) is 11.6 Å². The van der Waals surface area contributed by atoms with Crippen LogP contribution in [0, 0.1) is 17.4 Å². The van der Waals surface area contributed by atoms with Gasteiger partial charge in [0.25, 0.3) is 0 Å². The highest BCUT2D eigenvalue weighted by molar-refractivity contribution is 14.1. The van der Waals surface area contributed by atoms with Crippen molar-refractivity contribution < 1.29 is 9.59 Å². The maximum Gasteiger partial charge on any atom is 0.160 e. The third-order valence-electron chi connectivity index (χ3n) is 3.35. The number of aryl methyl sites for hydroxylation is 2. The zero-order chi connectivity index (χ0) is 17.7. The van der Waals surface area contributed by atoms with E-state index in [4.69, 9.17) is 11.5 Å². The van der Waals surface area contributed by atoms with Gasteiger partial charge in [-0.3, -0.25) is 9.59 Å². The molecule has 0 unspecified atom stereocenters. The molecule has 0 bridgehead atoms. The molecule has 4 N–H and O–H groups in total. The molecule has 0 amide bonds. The van der Waals surface area contributed by atoms with Crippen molar-refractivity contribution in [3.05, 3.63) is 56.2 Å². The molecular weight excluding hydrogens is 403 g/mol. The SMILES string of the molecule is CC(=O)c1cc(I)c(N)cc1C.CC(=O)c1ccc(N)cc1C. The van der Waals surface area contributed by atoms with Crippen LogP contribution in [0.5, 0.6) is 0 Å². The van der Waals surface area contributed by atoms with E-state index < -0.39 is 0 Å². The van der Waals surface area contributed by atoms with Gasteiger partial charge in [-0.25, -0.2) is 0 Å². The van der Waals surface area contributed by atoms with Gasteiger partial charge in [0.2, 0.25) is 0 Å². The minimum Gasteiger partial charge on any atom is -0.399 e. The van der Waals surface area contributed by atoms with Crippen LogP contribution in [0.1, 0.15) is 45.7 Å². The van der Waals surface area contributed by atoms with Gasteiger partial charge in [0.05, 0.1) is 0 Å². The van der Waals surface area contributed by atoms with E-state index in [9.17, 15) is 9.59 Å². The Morgan fingerprint density at radius 2 is 1.39 bits per heavy atom. The topological polar surface area (TPSA) is 86.2 Å². The summed E-state index contributed by atoms with van der Waals surface area (Å²) in [6.07, 6.45) is 0. The molecule has 0 atom stereocenters. The number of nitrogens with two attached hydrogens (primary N) is 2. The lowest BCUT2D eigenvalue weighted by Gasteiger charge is -2.04. The molecule has 2 rings (SSSR count). The maximum absolute atomic E-state index is 11.1. The molecule has 4 nitrogen and oxygen atoms in total. The summed E-state index contributed by atoms with van der Waals surface area (Å²) in [5.41, 5.74) is 16.0. The highest BCUT2D eigenvalue weighted by Gasteiger charge is 2.06. The second kappa shape index (κ2) is 8.10. The highest BCUT2D eigenvalue weighted by Crippen LogP contribution is 2.20. The number of benzene rings is 2. The van der Waals surface area contributed by atoms with E-state index >= 15 is 0 Å². The van der Waals surface area contributed by atoms with Crippen LogP contribution in [0.4, 0.5) is 11.4 Å². The smallest absolute Gasteiger partial charge is 0.160 e. The molecule has 0 saturated carbocycles. The average Bonchev–Trinajstić information content (AvgIpc) is 2.42. The molecule has 0 heterocycles. The number of anilines is 2. The number of nitrogen functional groups attached to an aromatic ring is 2. The summed E-state index contributed by atoms with van der Waals surface area (Å²) < 4.78 is 0.934. The molecule has 0 aromatic heterocycles. The first-order valence-electron chi connectivity index (χ1n) is 7.07. The summed E-state index contributed by atoms with van der Waals surface area (Å²) in [5.74, 6) is 0.174.